The van der Waals surface area contributed by atoms with Crippen molar-refractivity contribution >= 4 is 57.9 Å². The molecule has 3 aromatic carbocycles. The summed E-state index contributed by atoms with van der Waals surface area (Å²) in [6, 6.07) is 15.6. The molecule has 0 fully saturated rings. The number of benzene rings is 3. The van der Waals surface area contributed by atoms with E-state index in [-0.39, 0.29) is 28.8 Å². The zero-order valence-corrected chi connectivity index (χ0v) is 21.3. The third-order valence-corrected chi connectivity index (χ3v) is 5.85. The molecule has 0 atom stereocenters. The molecule has 0 saturated carbocycles. The number of carbonyl (C=O) groups excluding carboxylic acids is 1. The minimum Gasteiger partial charge on any atom is -0.503 e. The molecule has 0 radical (unpaired) electrons. The summed E-state index contributed by atoms with van der Waals surface area (Å²) in [4.78, 5) is 12.2. The number of carbonyl (C=O) groups is 1. The Balaban J connectivity index is 1.76. The Bertz CT molecular complexity index is 1190. The zero-order valence-electron chi connectivity index (χ0n) is 18.2. The van der Waals surface area contributed by atoms with Crippen LogP contribution in [0.5, 0.6) is 11.5 Å². The van der Waals surface area contributed by atoms with Gasteiger partial charge in [0.25, 0.3) is 0 Å². The maximum atomic E-state index is 12.2. The highest BCUT2D eigenvalue weighted by molar-refractivity contribution is 6.37. The monoisotopic (exact) mass is 540 g/mol. The van der Waals surface area contributed by atoms with E-state index in [1.165, 1.54) is 20.5 Å². The van der Waals surface area contributed by atoms with Gasteiger partial charge in [-0.2, -0.15) is 0 Å². The summed E-state index contributed by atoms with van der Waals surface area (Å²) in [6.45, 7) is 0.298. The van der Waals surface area contributed by atoms with E-state index in [1.54, 1.807) is 42.5 Å². The smallest absolute Gasteiger partial charge is 0.341 e. The minimum atomic E-state index is -0.525. The molecular weight excluding hydrogens is 522 g/mol. The van der Waals surface area contributed by atoms with E-state index < -0.39 is 5.97 Å². The molecule has 178 valence electrons. The summed E-state index contributed by atoms with van der Waals surface area (Å²) in [5, 5.41) is 1.56. The van der Waals surface area contributed by atoms with Crippen LogP contribution < -0.4 is 9.47 Å². The summed E-state index contributed by atoms with van der Waals surface area (Å²) in [5.74, 6) is 0.206. The third kappa shape index (κ3) is 6.51. The summed E-state index contributed by atoms with van der Waals surface area (Å²) in [7, 11) is 2.76. The van der Waals surface area contributed by atoms with E-state index >= 15 is 0 Å². The first kappa shape index (κ1) is 26.0. The predicted molar refractivity (Wildman–Crippen MR) is 135 cm³/mol. The summed E-state index contributed by atoms with van der Waals surface area (Å²) >= 11 is 24.9. The molecule has 0 aliphatic heterocycles. The normalized spacial score (nSPS) is 11.2. The van der Waals surface area contributed by atoms with Gasteiger partial charge in [-0.1, -0.05) is 76.7 Å². The Kier molecular flexibility index (Phi) is 9.36. The number of rotatable bonds is 9. The molecule has 0 heterocycles. The fourth-order valence-electron chi connectivity index (χ4n) is 3.07. The van der Waals surface area contributed by atoms with Crippen molar-refractivity contribution in [2.24, 2.45) is 0 Å². The standard InChI is InChI=1S/C25H20Cl4O5/c1-31-14-20(25(30)32-2)19-6-4-3-5-15(19)12-33-18-10-22(28)24(23(29)11-18)34-13-16-7-8-17(26)9-21(16)27/h3-11,14H,12-13H2,1-2H3. The quantitative estimate of drug-likeness (QED) is 0.158. The number of hydrogen-bond donors (Lipinski definition) is 0. The van der Waals surface area contributed by atoms with Crippen LogP contribution >= 0.6 is 46.4 Å². The molecule has 0 unspecified atom stereocenters. The number of esters is 1. The number of halogens is 4. The molecule has 0 N–H and O–H groups in total. The molecule has 0 aromatic heterocycles. The van der Waals surface area contributed by atoms with Crippen LogP contribution in [-0.2, 0) is 27.5 Å². The Morgan fingerprint density at radius 1 is 0.824 bits per heavy atom. The molecule has 0 saturated heterocycles. The molecule has 3 rings (SSSR count). The average Bonchev–Trinajstić information content (AvgIpc) is 2.81. The Hall–Kier alpha value is -2.57. The van der Waals surface area contributed by atoms with Crippen molar-refractivity contribution in [3.05, 3.63) is 97.6 Å². The number of ether oxygens (including phenoxy) is 4. The Morgan fingerprint density at radius 3 is 2.15 bits per heavy atom. The topological polar surface area (TPSA) is 54.0 Å². The van der Waals surface area contributed by atoms with E-state index in [2.05, 4.69) is 0 Å². The molecule has 0 aliphatic rings. The lowest BCUT2D eigenvalue weighted by atomic mass is 10.0. The van der Waals surface area contributed by atoms with Crippen molar-refractivity contribution in [2.45, 2.75) is 13.2 Å². The Labute approximate surface area is 217 Å². The molecule has 0 spiro atoms. The van der Waals surface area contributed by atoms with E-state index in [0.29, 0.717) is 27.1 Å². The van der Waals surface area contributed by atoms with Gasteiger partial charge in [0.1, 0.15) is 24.5 Å². The van der Waals surface area contributed by atoms with Crippen LogP contribution in [0.3, 0.4) is 0 Å². The van der Waals surface area contributed by atoms with Gasteiger partial charge in [-0.15, -0.1) is 0 Å². The molecule has 0 bridgehead atoms. The van der Waals surface area contributed by atoms with Crippen LogP contribution in [0.15, 0.2) is 60.9 Å². The summed E-state index contributed by atoms with van der Waals surface area (Å²) in [6.07, 6.45) is 1.33. The lowest BCUT2D eigenvalue weighted by Crippen LogP contribution is -2.08. The molecule has 34 heavy (non-hydrogen) atoms. The molecule has 5 nitrogen and oxygen atoms in total. The van der Waals surface area contributed by atoms with Crippen molar-refractivity contribution < 1.29 is 23.7 Å². The SMILES string of the molecule is COC=C(C(=O)OC)c1ccccc1COc1cc(Cl)c(OCc2ccc(Cl)cc2Cl)c(Cl)c1. The van der Waals surface area contributed by atoms with Gasteiger partial charge in [0, 0.05) is 27.7 Å². The van der Waals surface area contributed by atoms with Crippen LogP contribution in [0.25, 0.3) is 5.57 Å². The second-order valence-electron chi connectivity index (χ2n) is 6.95. The fraction of sp³-hybridized carbons (Fsp3) is 0.160. The van der Waals surface area contributed by atoms with Gasteiger partial charge in [0.2, 0.25) is 0 Å². The van der Waals surface area contributed by atoms with Gasteiger partial charge in [-0.25, -0.2) is 4.79 Å². The minimum absolute atomic E-state index is 0.140. The van der Waals surface area contributed by atoms with E-state index in [1.807, 2.05) is 12.1 Å². The van der Waals surface area contributed by atoms with Crippen LogP contribution in [0.4, 0.5) is 0 Å². The predicted octanol–water partition coefficient (Wildman–Crippen LogP) is 7.62. The van der Waals surface area contributed by atoms with Crippen molar-refractivity contribution in [1.82, 2.24) is 0 Å². The van der Waals surface area contributed by atoms with Crippen LogP contribution in [-0.4, -0.2) is 20.2 Å². The van der Waals surface area contributed by atoms with Crippen molar-refractivity contribution in [3.63, 3.8) is 0 Å². The van der Waals surface area contributed by atoms with Crippen molar-refractivity contribution in [2.75, 3.05) is 14.2 Å². The molecule has 3 aromatic rings. The van der Waals surface area contributed by atoms with Gasteiger partial charge in [0.05, 0.1) is 30.5 Å². The van der Waals surface area contributed by atoms with Gasteiger partial charge < -0.3 is 18.9 Å². The first-order valence-corrected chi connectivity index (χ1v) is 11.4. The first-order chi connectivity index (χ1) is 16.3. The van der Waals surface area contributed by atoms with Crippen LogP contribution in [0.1, 0.15) is 16.7 Å². The van der Waals surface area contributed by atoms with E-state index in [4.69, 9.17) is 65.4 Å². The van der Waals surface area contributed by atoms with Crippen LogP contribution in [0, 0.1) is 0 Å². The number of methoxy groups -OCH3 is 2. The first-order valence-electron chi connectivity index (χ1n) is 9.92. The van der Waals surface area contributed by atoms with Gasteiger partial charge >= 0.3 is 5.97 Å². The molecule has 0 amide bonds. The third-order valence-electron chi connectivity index (χ3n) is 4.70. The lowest BCUT2D eigenvalue weighted by molar-refractivity contribution is -0.133. The largest absolute Gasteiger partial charge is 0.503 e. The van der Waals surface area contributed by atoms with Crippen molar-refractivity contribution in [1.29, 1.82) is 0 Å². The van der Waals surface area contributed by atoms with Crippen molar-refractivity contribution in [3.8, 4) is 11.5 Å². The van der Waals surface area contributed by atoms with Gasteiger partial charge in [0.15, 0.2) is 5.75 Å². The maximum Gasteiger partial charge on any atom is 0.341 e. The highest BCUT2D eigenvalue weighted by atomic mass is 35.5. The van der Waals surface area contributed by atoms with Crippen LogP contribution in [0.2, 0.25) is 20.1 Å². The lowest BCUT2D eigenvalue weighted by Gasteiger charge is -2.15. The summed E-state index contributed by atoms with van der Waals surface area (Å²) in [5.41, 5.74) is 2.36. The van der Waals surface area contributed by atoms with E-state index in [0.717, 1.165) is 11.1 Å². The molecule has 0 aliphatic carbocycles. The molecule has 9 heteroatoms. The zero-order chi connectivity index (χ0) is 24.7. The Morgan fingerprint density at radius 2 is 1.50 bits per heavy atom. The van der Waals surface area contributed by atoms with E-state index in [9.17, 15) is 4.79 Å². The highest BCUT2D eigenvalue weighted by Crippen LogP contribution is 2.38. The van der Waals surface area contributed by atoms with Gasteiger partial charge in [-0.05, 0) is 23.3 Å². The van der Waals surface area contributed by atoms with Gasteiger partial charge in [-0.3, -0.25) is 0 Å². The average molecular weight is 542 g/mol. The second kappa shape index (κ2) is 12.2. The maximum absolute atomic E-state index is 12.2. The second-order valence-corrected chi connectivity index (χ2v) is 8.60. The highest BCUT2D eigenvalue weighted by Gasteiger charge is 2.18. The molecular formula is C25H20Cl4O5. The summed E-state index contributed by atoms with van der Waals surface area (Å²) < 4.78 is 21.6. The number of hydrogen-bond acceptors (Lipinski definition) is 5. The fourth-order valence-corrected chi connectivity index (χ4v) is 4.11.